The van der Waals surface area contributed by atoms with Crippen molar-refractivity contribution in [3.63, 3.8) is 0 Å². The van der Waals surface area contributed by atoms with Gasteiger partial charge in [-0.05, 0) is 31.2 Å². The molecule has 3 heterocycles. The summed E-state index contributed by atoms with van der Waals surface area (Å²) in [7, 11) is 0. The number of aryl methyl sites for hydroxylation is 1. The number of pyridine rings is 2. The molecule has 0 aliphatic carbocycles. The van der Waals surface area contributed by atoms with Crippen LogP contribution in [0.3, 0.4) is 0 Å². The van der Waals surface area contributed by atoms with Crippen molar-refractivity contribution in [2.75, 3.05) is 4.90 Å². The van der Waals surface area contributed by atoms with Crippen molar-refractivity contribution in [1.29, 1.82) is 0 Å². The first-order chi connectivity index (χ1) is 12.8. The average molecular weight is 368 g/mol. The molecule has 0 saturated heterocycles. The SMILES string of the molecule is Cc1ccc2c3c(cnc2n1)CC(=O)N3Cc1c(F)cc(C(N)=O)cc1F. The number of anilines is 1. The van der Waals surface area contributed by atoms with Crippen molar-refractivity contribution in [2.45, 2.75) is 19.9 Å². The minimum Gasteiger partial charge on any atom is -0.366 e. The van der Waals surface area contributed by atoms with Gasteiger partial charge in [-0.2, -0.15) is 0 Å². The van der Waals surface area contributed by atoms with Gasteiger partial charge in [-0.1, -0.05) is 0 Å². The highest BCUT2D eigenvalue weighted by Crippen LogP contribution is 2.36. The number of rotatable bonds is 3. The van der Waals surface area contributed by atoms with E-state index in [-0.39, 0.29) is 30.0 Å². The predicted molar refractivity (Wildman–Crippen MR) is 94.0 cm³/mol. The van der Waals surface area contributed by atoms with Gasteiger partial charge < -0.3 is 10.6 Å². The Morgan fingerprint density at radius 3 is 2.63 bits per heavy atom. The zero-order chi connectivity index (χ0) is 19.3. The molecule has 27 heavy (non-hydrogen) atoms. The molecule has 1 aromatic carbocycles. The van der Waals surface area contributed by atoms with Crippen molar-refractivity contribution in [2.24, 2.45) is 5.73 Å². The zero-order valence-corrected chi connectivity index (χ0v) is 14.3. The van der Waals surface area contributed by atoms with Crippen LogP contribution in [0.15, 0.2) is 30.5 Å². The van der Waals surface area contributed by atoms with Gasteiger partial charge in [0, 0.05) is 34.0 Å². The first-order valence-corrected chi connectivity index (χ1v) is 8.18. The average Bonchev–Trinajstić information content (AvgIpc) is 2.93. The molecular weight excluding hydrogens is 354 g/mol. The van der Waals surface area contributed by atoms with E-state index < -0.39 is 17.5 Å². The second kappa shape index (κ2) is 6.08. The summed E-state index contributed by atoms with van der Waals surface area (Å²) in [5.74, 6) is -3.09. The number of hydrogen-bond donors (Lipinski definition) is 1. The number of carbonyl (C=O) groups excluding carboxylic acids is 2. The minimum absolute atomic E-state index is 0.0920. The van der Waals surface area contributed by atoms with Crippen molar-refractivity contribution in [3.05, 3.63) is 64.5 Å². The van der Waals surface area contributed by atoms with Crippen molar-refractivity contribution in [1.82, 2.24) is 9.97 Å². The fourth-order valence-corrected chi connectivity index (χ4v) is 3.25. The van der Waals surface area contributed by atoms with Crippen molar-refractivity contribution < 1.29 is 18.4 Å². The normalized spacial score (nSPS) is 13.3. The standard InChI is InChI=1S/C19H14F2N4O2/c1-9-2-3-12-17-11(7-23-19(12)24-9)6-16(26)25(17)8-13-14(20)4-10(18(22)27)5-15(13)21/h2-5,7H,6,8H2,1H3,(H2,22,27). The van der Waals surface area contributed by atoms with Crippen LogP contribution >= 0.6 is 0 Å². The Bertz CT molecular complexity index is 1110. The molecule has 0 unspecified atom stereocenters. The number of benzene rings is 1. The Balaban J connectivity index is 1.81. The summed E-state index contributed by atoms with van der Waals surface area (Å²) >= 11 is 0. The highest BCUT2D eigenvalue weighted by Gasteiger charge is 2.31. The van der Waals surface area contributed by atoms with Gasteiger partial charge >= 0.3 is 0 Å². The van der Waals surface area contributed by atoms with E-state index in [9.17, 15) is 18.4 Å². The molecule has 0 radical (unpaired) electrons. The molecule has 2 amide bonds. The number of aromatic nitrogens is 2. The van der Waals surface area contributed by atoms with Gasteiger partial charge in [-0.25, -0.2) is 18.7 Å². The van der Waals surface area contributed by atoms with E-state index in [1.54, 1.807) is 18.3 Å². The maximum absolute atomic E-state index is 14.4. The van der Waals surface area contributed by atoms with E-state index in [2.05, 4.69) is 9.97 Å². The smallest absolute Gasteiger partial charge is 0.248 e. The van der Waals surface area contributed by atoms with Crippen LogP contribution in [0.5, 0.6) is 0 Å². The second-order valence-electron chi connectivity index (χ2n) is 6.40. The van der Waals surface area contributed by atoms with Crippen LogP contribution in [-0.2, 0) is 17.8 Å². The Morgan fingerprint density at radius 1 is 1.26 bits per heavy atom. The number of halogens is 2. The van der Waals surface area contributed by atoms with Crippen LogP contribution < -0.4 is 10.6 Å². The maximum Gasteiger partial charge on any atom is 0.248 e. The molecule has 0 spiro atoms. The molecule has 1 aliphatic heterocycles. The molecule has 2 N–H and O–H groups in total. The van der Waals surface area contributed by atoms with E-state index in [1.807, 2.05) is 6.92 Å². The van der Waals surface area contributed by atoms with Crippen LogP contribution in [0.2, 0.25) is 0 Å². The summed E-state index contributed by atoms with van der Waals surface area (Å²) in [6.07, 6.45) is 1.65. The van der Waals surface area contributed by atoms with E-state index in [0.717, 1.165) is 17.8 Å². The van der Waals surface area contributed by atoms with Gasteiger partial charge in [-0.3, -0.25) is 9.59 Å². The Hall–Kier alpha value is -3.42. The van der Waals surface area contributed by atoms with Crippen LogP contribution in [-0.4, -0.2) is 21.8 Å². The third-order valence-electron chi connectivity index (χ3n) is 4.57. The number of carbonyl (C=O) groups is 2. The third kappa shape index (κ3) is 2.79. The van der Waals surface area contributed by atoms with Crippen molar-refractivity contribution in [3.8, 4) is 0 Å². The first kappa shape index (κ1) is 17.0. The lowest BCUT2D eigenvalue weighted by atomic mass is 10.1. The number of hydrogen-bond acceptors (Lipinski definition) is 4. The molecule has 0 fully saturated rings. The van der Waals surface area contributed by atoms with Gasteiger partial charge in [-0.15, -0.1) is 0 Å². The number of nitrogens with zero attached hydrogens (tertiary/aromatic N) is 3. The minimum atomic E-state index is -0.933. The predicted octanol–water partition coefficient (Wildman–Crippen LogP) is 2.40. The molecule has 4 rings (SSSR count). The van der Waals surface area contributed by atoms with Crippen LogP contribution in [0.1, 0.15) is 27.2 Å². The van der Waals surface area contributed by atoms with E-state index >= 15 is 0 Å². The molecule has 2 aromatic heterocycles. The van der Waals surface area contributed by atoms with Crippen LogP contribution in [0.25, 0.3) is 11.0 Å². The summed E-state index contributed by atoms with van der Waals surface area (Å²) in [5, 5.41) is 0.638. The number of primary amides is 1. The molecule has 136 valence electrons. The fourth-order valence-electron chi connectivity index (χ4n) is 3.25. The quantitative estimate of drug-likeness (QED) is 0.769. The van der Waals surface area contributed by atoms with Gasteiger partial charge in [0.05, 0.1) is 18.7 Å². The van der Waals surface area contributed by atoms with E-state index in [1.165, 1.54) is 4.90 Å². The molecular formula is C19H14F2N4O2. The molecule has 6 nitrogen and oxygen atoms in total. The van der Waals surface area contributed by atoms with Gasteiger partial charge in [0.25, 0.3) is 0 Å². The zero-order valence-electron chi connectivity index (χ0n) is 14.3. The number of fused-ring (bicyclic) bond motifs is 3. The fraction of sp³-hybridized carbons (Fsp3) is 0.158. The number of amides is 2. The largest absolute Gasteiger partial charge is 0.366 e. The van der Waals surface area contributed by atoms with Gasteiger partial charge in [0.2, 0.25) is 11.8 Å². The number of nitrogens with two attached hydrogens (primary N) is 1. The van der Waals surface area contributed by atoms with Gasteiger partial charge in [0.1, 0.15) is 11.6 Å². The summed E-state index contributed by atoms with van der Waals surface area (Å²) in [5.41, 5.74) is 6.94. The Labute approximate surface area is 152 Å². The topological polar surface area (TPSA) is 89.2 Å². The molecule has 3 aromatic rings. The van der Waals surface area contributed by atoms with E-state index in [4.69, 9.17) is 5.73 Å². The summed E-state index contributed by atoms with van der Waals surface area (Å²) in [6, 6.07) is 5.32. The maximum atomic E-state index is 14.4. The monoisotopic (exact) mass is 368 g/mol. The first-order valence-electron chi connectivity index (χ1n) is 8.18. The highest BCUT2D eigenvalue weighted by molar-refractivity contribution is 6.09. The van der Waals surface area contributed by atoms with Crippen LogP contribution in [0.4, 0.5) is 14.5 Å². The Morgan fingerprint density at radius 2 is 1.96 bits per heavy atom. The highest BCUT2D eigenvalue weighted by atomic mass is 19.1. The Kier molecular flexibility index (Phi) is 3.83. The molecule has 8 heteroatoms. The lowest BCUT2D eigenvalue weighted by Crippen LogP contribution is -2.27. The molecule has 0 bridgehead atoms. The lowest BCUT2D eigenvalue weighted by Gasteiger charge is -2.20. The van der Waals surface area contributed by atoms with Gasteiger partial charge in [0.15, 0.2) is 5.65 Å². The van der Waals surface area contributed by atoms with E-state index in [0.29, 0.717) is 22.3 Å². The molecule has 0 saturated carbocycles. The van der Waals surface area contributed by atoms with Crippen LogP contribution in [0, 0.1) is 18.6 Å². The third-order valence-corrected chi connectivity index (χ3v) is 4.57. The lowest BCUT2D eigenvalue weighted by molar-refractivity contribution is -0.117. The van der Waals surface area contributed by atoms with Crippen molar-refractivity contribution >= 4 is 28.5 Å². The summed E-state index contributed by atoms with van der Waals surface area (Å²) in [6.45, 7) is 1.51. The molecule has 1 aliphatic rings. The molecule has 0 atom stereocenters. The second-order valence-corrected chi connectivity index (χ2v) is 6.40. The summed E-state index contributed by atoms with van der Waals surface area (Å²) < 4.78 is 28.8. The summed E-state index contributed by atoms with van der Waals surface area (Å²) in [4.78, 5) is 33.6.